The Hall–Kier alpha value is -8.61. The lowest BCUT2D eigenvalue weighted by Gasteiger charge is -2.23. The van der Waals surface area contributed by atoms with Crippen molar-refractivity contribution < 1.29 is 4.42 Å². The minimum atomic E-state index is -0.269. The molecule has 0 aliphatic carbocycles. The zero-order valence-electron chi connectivity index (χ0n) is 34.5. The van der Waals surface area contributed by atoms with Gasteiger partial charge in [-0.2, -0.15) is 0 Å². The molecule has 4 heterocycles. The Morgan fingerprint density at radius 3 is 1.92 bits per heavy atom. The maximum absolute atomic E-state index is 6.49. The minimum absolute atomic E-state index is 0.269. The summed E-state index contributed by atoms with van der Waals surface area (Å²) in [6.45, 7) is 0. The summed E-state index contributed by atoms with van der Waals surface area (Å²) in [6, 6.07) is 72.8. The molecule has 13 rings (SSSR count). The van der Waals surface area contributed by atoms with E-state index in [1.807, 2.05) is 48.7 Å². The predicted molar refractivity (Wildman–Crippen MR) is 264 cm³/mol. The number of rotatable bonds is 6. The number of hydrogen-bond acceptors (Lipinski definition) is 5. The first-order valence-corrected chi connectivity index (χ1v) is 21.6. The van der Waals surface area contributed by atoms with Crippen LogP contribution in [0.1, 0.15) is 22.9 Å². The van der Waals surface area contributed by atoms with Crippen molar-refractivity contribution in [3.63, 3.8) is 0 Å². The topological polar surface area (TPSA) is 67.7 Å². The van der Waals surface area contributed by atoms with E-state index >= 15 is 0 Å². The normalized spacial score (nSPS) is 14.1. The third-order valence-corrected chi connectivity index (χ3v) is 12.7. The molecule has 0 saturated heterocycles. The van der Waals surface area contributed by atoms with Gasteiger partial charge in [-0.05, 0) is 75.3 Å². The van der Waals surface area contributed by atoms with Crippen molar-refractivity contribution >= 4 is 77.0 Å². The molecule has 1 N–H and O–H groups in total. The van der Waals surface area contributed by atoms with Crippen LogP contribution in [0.4, 0.5) is 0 Å². The summed E-state index contributed by atoms with van der Waals surface area (Å²) in [5.74, 6) is 1.47. The number of amidine groups is 2. The Labute approximate surface area is 368 Å². The highest BCUT2D eigenvalue weighted by Crippen LogP contribution is 2.41. The molecule has 300 valence electrons. The third kappa shape index (κ3) is 5.84. The van der Waals surface area contributed by atoms with Crippen molar-refractivity contribution in [3.05, 3.63) is 229 Å². The fourth-order valence-corrected chi connectivity index (χ4v) is 9.66. The van der Waals surface area contributed by atoms with Gasteiger partial charge >= 0.3 is 0 Å². The third-order valence-electron chi connectivity index (χ3n) is 12.7. The van der Waals surface area contributed by atoms with Gasteiger partial charge in [0.2, 0.25) is 0 Å². The van der Waals surface area contributed by atoms with E-state index in [-0.39, 0.29) is 6.17 Å². The molecule has 1 aliphatic rings. The molecule has 0 bridgehead atoms. The van der Waals surface area contributed by atoms with Gasteiger partial charge in [-0.3, -0.25) is 4.98 Å². The molecule has 1 unspecified atom stereocenters. The molecule has 64 heavy (non-hydrogen) atoms. The maximum atomic E-state index is 6.49. The van der Waals surface area contributed by atoms with Crippen molar-refractivity contribution in [2.45, 2.75) is 6.17 Å². The van der Waals surface area contributed by atoms with Gasteiger partial charge in [0, 0.05) is 44.4 Å². The van der Waals surface area contributed by atoms with Crippen LogP contribution in [0.3, 0.4) is 0 Å². The Bertz CT molecular complexity index is 3860. The molecule has 6 heteroatoms. The number of nitrogens with one attached hydrogen (secondary N) is 1. The van der Waals surface area contributed by atoms with E-state index in [1.54, 1.807) is 0 Å². The predicted octanol–water partition coefficient (Wildman–Crippen LogP) is 14.2. The van der Waals surface area contributed by atoms with Gasteiger partial charge < -0.3 is 14.3 Å². The lowest BCUT2D eigenvalue weighted by molar-refractivity contribution is 0.668. The van der Waals surface area contributed by atoms with E-state index in [9.17, 15) is 0 Å². The molecule has 0 amide bonds. The number of pyridine rings is 1. The largest absolute Gasteiger partial charge is 0.456 e. The molecule has 0 radical (unpaired) electrons. The summed E-state index contributed by atoms with van der Waals surface area (Å²) in [5, 5.41) is 13.0. The number of nitrogens with zero attached hydrogens (tertiary/aromatic N) is 4. The molecule has 12 aromatic rings. The number of furan rings is 1. The molecule has 1 atom stereocenters. The van der Waals surface area contributed by atoms with Gasteiger partial charge in [0.05, 0.1) is 27.8 Å². The highest BCUT2D eigenvalue weighted by atomic mass is 16.3. The van der Waals surface area contributed by atoms with Crippen molar-refractivity contribution in [3.8, 4) is 28.1 Å². The summed E-state index contributed by atoms with van der Waals surface area (Å²) in [6.07, 6.45) is 1.56. The van der Waals surface area contributed by atoms with E-state index in [1.165, 1.54) is 49.0 Å². The lowest BCUT2D eigenvalue weighted by Crippen LogP contribution is -2.33. The number of fused-ring (bicyclic) bond motifs is 9. The van der Waals surface area contributed by atoms with Crippen molar-refractivity contribution in [2.75, 3.05) is 0 Å². The quantitative estimate of drug-likeness (QED) is 0.170. The van der Waals surface area contributed by atoms with Crippen LogP contribution in [0.15, 0.2) is 227 Å². The molecule has 0 saturated carbocycles. The minimum Gasteiger partial charge on any atom is -0.456 e. The average Bonchev–Trinajstić information content (AvgIpc) is 3.92. The maximum Gasteiger partial charge on any atom is 0.159 e. The van der Waals surface area contributed by atoms with Crippen LogP contribution in [-0.4, -0.2) is 21.2 Å². The molecule has 3 aromatic heterocycles. The summed E-state index contributed by atoms with van der Waals surface area (Å²) in [7, 11) is 0. The zero-order valence-corrected chi connectivity index (χ0v) is 34.5. The van der Waals surface area contributed by atoms with Crippen LogP contribution in [0.25, 0.3) is 93.4 Å². The fourth-order valence-electron chi connectivity index (χ4n) is 9.66. The van der Waals surface area contributed by atoms with Gasteiger partial charge in [-0.25, -0.2) is 9.98 Å². The summed E-state index contributed by atoms with van der Waals surface area (Å²) in [5.41, 5.74) is 12.3. The Kier molecular flexibility index (Phi) is 8.18. The van der Waals surface area contributed by atoms with E-state index in [0.717, 1.165) is 66.8 Å². The van der Waals surface area contributed by atoms with Crippen LogP contribution in [0.5, 0.6) is 0 Å². The highest BCUT2D eigenvalue weighted by Gasteiger charge is 2.22. The first-order valence-electron chi connectivity index (χ1n) is 21.6. The van der Waals surface area contributed by atoms with Crippen LogP contribution in [0, 0.1) is 0 Å². The van der Waals surface area contributed by atoms with Gasteiger partial charge in [0.15, 0.2) is 5.84 Å². The van der Waals surface area contributed by atoms with E-state index in [0.29, 0.717) is 5.84 Å². The second-order valence-electron chi connectivity index (χ2n) is 16.4. The molecule has 9 aromatic carbocycles. The number of hydrogen-bond donors (Lipinski definition) is 1. The van der Waals surface area contributed by atoms with Crippen molar-refractivity contribution in [2.24, 2.45) is 9.98 Å². The van der Waals surface area contributed by atoms with Crippen molar-refractivity contribution in [1.82, 2.24) is 14.9 Å². The summed E-state index contributed by atoms with van der Waals surface area (Å²) in [4.78, 5) is 15.1. The van der Waals surface area contributed by atoms with E-state index in [2.05, 4.69) is 174 Å². The van der Waals surface area contributed by atoms with Gasteiger partial charge in [0.25, 0.3) is 0 Å². The van der Waals surface area contributed by atoms with Crippen LogP contribution in [-0.2, 0) is 0 Å². The second-order valence-corrected chi connectivity index (χ2v) is 16.4. The number of para-hydroxylation sites is 1. The van der Waals surface area contributed by atoms with E-state index in [4.69, 9.17) is 19.4 Å². The summed E-state index contributed by atoms with van der Waals surface area (Å²) >= 11 is 0. The zero-order chi connectivity index (χ0) is 42.1. The standard InChI is InChI=1S/C58H37N5O/c1-3-13-37(14-4-1)56-60-57(38-15-5-2-6-16-38)62-58(61-56)39-25-23-36(24-26-39)55-54-48-34-41(28-30-52(48)64-53(54)31-32-59-55)40-27-29-50-47(33-40)46-21-11-12-22-49(46)63(50)51-35-42-17-7-8-18-43(42)44-19-9-10-20-45(44)51/h1-35,56H,(H,60,61,62). The lowest BCUT2D eigenvalue weighted by atomic mass is 9.98. The second kappa shape index (κ2) is 14.5. The highest BCUT2D eigenvalue weighted by molar-refractivity contribution is 6.17. The number of aromatic nitrogens is 2. The monoisotopic (exact) mass is 819 g/mol. The SMILES string of the molecule is c1ccc(C2=NC(c3ccc(-c4nccc5oc6ccc(-c7ccc8c(c7)c7ccccc7n8-c7cc8ccccc8c8ccccc78)cc6c45)cc3)=NC(c3ccccc3)N2)cc1. The molecule has 0 spiro atoms. The molecule has 6 nitrogen and oxygen atoms in total. The average molecular weight is 820 g/mol. The Morgan fingerprint density at radius 1 is 0.453 bits per heavy atom. The van der Waals surface area contributed by atoms with Crippen LogP contribution in [0.2, 0.25) is 0 Å². The van der Waals surface area contributed by atoms with Crippen LogP contribution >= 0.6 is 0 Å². The molecule has 0 fully saturated rings. The first-order chi connectivity index (χ1) is 31.7. The Morgan fingerprint density at radius 2 is 1.09 bits per heavy atom. The summed E-state index contributed by atoms with van der Waals surface area (Å²) < 4.78 is 8.93. The smallest absolute Gasteiger partial charge is 0.159 e. The Balaban J connectivity index is 0.904. The van der Waals surface area contributed by atoms with E-state index < -0.39 is 0 Å². The van der Waals surface area contributed by atoms with Gasteiger partial charge in [-0.1, -0.05) is 164 Å². The van der Waals surface area contributed by atoms with Crippen molar-refractivity contribution in [1.29, 1.82) is 0 Å². The fraction of sp³-hybridized carbons (Fsp3) is 0.0172. The van der Waals surface area contributed by atoms with Gasteiger partial charge in [0.1, 0.15) is 23.2 Å². The molecule has 1 aliphatic heterocycles. The number of benzene rings is 9. The number of aliphatic imine (C=N–C) groups is 2. The molecular formula is C58H37N5O. The van der Waals surface area contributed by atoms with Crippen LogP contribution < -0.4 is 5.32 Å². The molecular weight excluding hydrogens is 783 g/mol. The van der Waals surface area contributed by atoms with Gasteiger partial charge in [-0.15, -0.1) is 0 Å². The first kappa shape index (κ1) is 36.1.